The number of rotatable bonds is 3. The molecule has 0 aliphatic carbocycles. The summed E-state index contributed by atoms with van der Waals surface area (Å²) in [5, 5.41) is 9.21. The number of aliphatic hydroxyl groups excluding tert-OH is 1. The lowest BCUT2D eigenvalue weighted by Gasteiger charge is -2.35. The number of nitrogens with two attached hydrogens (primary N) is 1. The Balaban J connectivity index is 3.00. The molecule has 3 N–H and O–H groups in total. The molecule has 0 aromatic carbocycles. The van der Waals surface area contributed by atoms with E-state index in [0.717, 1.165) is 0 Å². The van der Waals surface area contributed by atoms with Crippen molar-refractivity contribution in [2.45, 2.75) is 19.4 Å². The van der Waals surface area contributed by atoms with Crippen molar-refractivity contribution in [1.82, 2.24) is 4.98 Å². The maximum atomic E-state index is 9.21. The molecule has 0 spiro atoms. The summed E-state index contributed by atoms with van der Waals surface area (Å²) in [5.41, 5.74) is 6.05. The van der Waals surface area contributed by atoms with E-state index in [0.29, 0.717) is 11.5 Å². The summed E-state index contributed by atoms with van der Waals surface area (Å²) >= 11 is 0. The van der Waals surface area contributed by atoms with E-state index in [1.165, 1.54) is 0 Å². The molecule has 1 aromatic rings. The molecule has 0 fully saturated rings. The number of anilines is 2. The van der Waals surface area contributed by atoms with Crippen molar-refractivity contribution in [2.24, 2.45) is 0 Å². The maximum Gasteiger partial charge on any atom is 0.152 e. The highest BCUT2D eigenvalue weighted by molar-refractivity contribution is 5.62. The van der Waals surface area contributed by atoms with Gasteiger partial charge in [0.15, 0.2) is 5.82 Å². The zero-order valence-corrected chi connectivity index (χ0v) is 8.86. The lowest BCUT2D eigenvalue weighted by molar-refractivity contribution is 0.216. The Hall–Kier alpha value is -1.29. The molecule has 0 bridgehead atoms. The largest absolute Gasteiger partial charge is 0.396 e. The Morgan fingerprint density at radius 3 is 2.71 bits per heavy atom. The molecule has 0 unspecified atom stereocenters. The molecule has 0 amide bonds. The fourth-order valence-electron chi connectivity index (χ4n) is 1.08. The molecular weight excluding hydrogens is 178 g/mol. The van der Waals surface area contributed by atoms with Gasteiger partial charge < -0.3 is 15.7 Å². The third-order valence-electron chi connectivity index (χ3n) is 2.43. The molecule has 0 radical (unpaired) electrons. The van der Waals surface area contributed by atoms with E-state index in [1.54, 1.807) is 18.3 Å². The van der Waals surface area contributed by atoms with Crippen molar-refractivity contribution in [3.05, 3.63) is 18.3 Å². The third-order valence-corrected chi connectivity index (χ3v) is 2.43. The molecule has 1 heterocycles. The molecule has 4 nitrogen and oxygen atoms in total. The number of hydrogen-bond donors (Lipinski definition) is 2. The van der Waals surface area contributed by atoms with E-state index >= 15 is 0 Å². The van der Waals surface area contributed by atoms with Gasteiger partial charge in [0.25, 0.3) is 0 Å². The molecule has 0 saturated carbocycles. The summed E-state index contributed by atoms with van der Waals surface area (Å²) < 4.78 is 0. The van der Waals surface area contributed by atoms with Gasteiger partial charge in [-0.25, -0.2) is 4.98 Å². The van der Waals surface area contributed by atoms with E-state index in [-0.39, 0.29) is 12.1 Å². The topological polar surface area (TPSA) is 62.4 Å². The van der Waals surface area contributed by atoms with Crippen molar-refractivity contribution in [3.8, 4) is 0 Å². The van der Waals surface area contributed by atoms with Gasteiger partial charge in [-0.15, -0.1) is 0 Å². The highest BCUT2D eigenvalue weighted by atomic mass is 16.3. The monoisotopic (exact) mass is 195 g/mol. The Kier molecular flexibility index (Phi) is 2.96. The van der Waals surface area contributed by atoms with Crippen molar-refractivity contribution in [1.29, 1.82) is 0 Å². The van der Waals surface area contributed by atoms with Gasteiger partial charge in [-0.05, 0) is 26.0 Å². The quantitative estimate of drug-likeness (QED) is 0.751. The van der Waals surface area contributed by atoms with Gasteiger partial charge in [0.1, 0.15) is 0 Å². The van der Waals surface area contributed by atoms with Crippen LogP contribution in [0.5, 0.6) is 0 Å². The summed E-state index contributed by atoms with van der Waals surface area (Å²) in [6.07, 6.45) is 1.69. The smallest absolute Gasteiger partial charge is 0.152 e. The van der Waals surface area contributed by atoms with Crippen LogP contribution in [-0.2, 0) is 0 Å². The summed E-state index contributed by atoms with van der Waals surface area (Å²) in [6, 6.07) is 3.59. The maximum absolute atomic E-state index is 9.21. The molecule has 14 heavy (non-hydrogen) atoms. The minimum absolute atomic E-state index is 0.0551. The van der Waals surface area contributed by atoms with Crippen LogP contribution in [0.3, 0.4) is 0 Å². The molecule has 0 saturated heterocycles. The summed E-state index contributed by atoms with van der Waals surface area (Å²) in [7, 11) is 1.87. The van der Waals surface area contributed by atoms with E-state index in [2.05, 4.69) is 4.98 Å². The summed E-state index contributed by atoms with van der Waals surface area (Å²) in [6.45, 7) is 3.92. The first-order valence-corrected chi connectivity index (χ1v) is 4.54. The molecule has 1 aromatic heterocycles. The van der Waals surface area contributed by atoms with Crippen LogP contribution < -0.4 is 10.6 Å². The minimum atomic E-state index is -0.359. The minimum Gasteiger partial charge on any atom is -0.396 e. The number of pyridine rings is 1. The average molecular weight is 195 g/mol. The third kappa shape index (κ3) is 1.96. The predicted molar refractivity (Wildman–Crippen MR) is 58.2 cm³/mol. The van der Waals surface area contributed by atoms with Crippen molar-refractivity contribution < 1.29 is 5.11 Å². The van der Waals surface area contributed by atoms with Crippen LogP contribution in [-0.4, -0.2) is 29.3 Å². The van der Waals surface area contributed by atoms with E-state index in [9.17, 15) is 5.11 Å². The standard InChI is InChI=1S/C10H17N3O/c1-10(2,7-14)13(3)9-8(11)5-4-6-12-9/h4-6,14H,7,11H2,1-3H3. The van der Waals surface area contributed by atoms with Crippen LogP contribution in [0.4, 0.5) is 11.5 Å². The molecule has 0 aliphatic rings. The first-order valence-electron chi connectivity index (χ1n) is 4.54. The highest BCUT2D eigenvalue weighted by Crippen LogP contribution is 2.24. The van der Waals surface area contributed by atoms with Crippen LogP contribution in [0.1, 0.15) is 13.8 Å². The van der Waals surface area contributed by atoms with Gasteiger partial charge in [-0.1, -0.05) is 0 Å². The summed E-state index contributed by atoms with van der Waals surface area (Å²) in [5.74, 6) is 0.701. The Bertz CT molecular complexity index is 312. The first kappa shape index (κ1) is 10.8. The molecule has 78 valence electrons. The number of aromatic nitrogens is 1. The number of nitrogen functional groups attached to an aromatic ring is 1. The summed E-state index contributed by atoms with van der Waals surface area (Å²) in [4.78, 5) is 6.06. The Labute approximate surface area is 84.4 Å². The molecular formula is C10H17N3O. The van der Waals surface area contributed by atoms with Crippen molar-refractivity contribution in [2.75, 3.05) is 24.3 Å². The number of likely N-dealkylation sites (N-methyl/N-ethyl adjacent to an activating group) is 1. The van der Waals surface area contributed by atoms with Crippen LogP contribution in [0, 0.1) is 0 Å². The molecule has 0 atom stereocenters. The van der Waals surface area contributed by atoms with Gasteiger partial charge in [0.2, 0.25) is 0 Å². The van der Waals surface area contributed by atoms with Crippen molar-refractivity contribution >= 4 is 11.5 Å². The second-order valence-electron chi connectivity index (χ2n) is 3.95. The highest BCUT2D eigenvalue weighted by Gasteiger charge is 2.24. The second-order valence-corrected chi connectivity index (χ2v) is 3.95. The molecule has 4 heteroatoms. The van der Waals surface area contributed by atoms with Gasteiger partial charge >= 0.3 is 0 Å². The SMILES string of the molecule is CN(c1ncccc1N)C(C)(C)CO. The normalized spacial score (nSPS) is 11.4. The van der Waals surface area contributed by atoms with E-state index in [1.807, 2.05) is 25.8 Å². The Morgan fingerprint density at radius 1 is 1.57 bits per heavy atom. The fraction of sp³-hybridized carbons (Fsp3) is 0.500. The van der Waals surface area contributed by atoms with E-state index < -0.39 is 0 Å². The molecule has 0 aliphatic heterocycles. The number of hydrogen-bond acceptors (Lipinski definition) is 4. The van der Waals surface area contributed by atoms with Crippen LogP contribution in [0.2, 0.25) is 0 Å². The van der Waals surface area contributed by atoms with Gasteiger partial charge in [0, 0.05) is 13.2 Å². The Morgan fingerprint density at radius 2 is 2.21 bits per heavy atom. The van der Waals surface area contributed by atoms with Gasteiger partial charge in [0.05, 0.1) is 17.8 Å². The van der Waals surface area contributed by atoms with Gasteiger partial charge in [-0.3, -0.25) is 0 Å². The number of aliphatic hydroxyl groups is 1. The first-order chi connectivity index (χ1) is 6.49. The lowest BCUT2D eigenvalue weighted by atomic mass is 10.1. The van der Waals surface area contributed by atoms with E-state index in [4.69, 9.17) is 5.73 Å². The number of nitrogens with zero attached hydrogens (tertiary/aromatic N) is 2. The van der Waals surface area contributed by atoms with Gasteiger partial charge in [-0.2, -0.15) is 0 Å². The zero-order valence-electron chi connectivity index (χ0n) is 8.86. The fourth-order valence-corrected chi connectivity index (χ4v) is 1.08. The van der Waals surface area contributed by atoms with Crippen LogP contribution >= 0.6 is 0 Å². The van der Waals surface area contributed by atoms with Crippen LogP contribution in [0.15, 0.2) is 18.3 Å². The second kappa shape index (κ2) is 3.84. The zero-order chi connectivity index (χ0) is 10.8. The van der Waals surface area contributed by atoms with Crippen LogP contribution in [0.25, 0.3) is 0 Å². The average Bonchev–Trinajstić information content (AvgIpc) is 2.17. The molecule has 1 rings (SSSR count). The lowest BCUT2D eigenvalue weighted by Crippen LogP contribution is -2.45. The predicted octanol–water partition coefficient (Wildman–Crippen LogP) is 0.871. The van der Waals surface area contributed by atoms with Crippen molar-refractivity contribution in [3.63, 3.8) is 0 Å².